The zero-order valence-corrected chi connectivity index (χ0v) is 14.3. The molecule has 128 valence electrons. The van der Waals surface area contributed by atoms with E-state index in [9.17, 15) is 4.79 Å². The van der Waals surface area contributed by atoms with Crippen molar-refractivity contribution in [2.24, 2.45) is 5.92 Å². The van der Waals surface area contributed by atoms with Gasteiger partial charge in [0.15, 0.2) is 0 Å². The van der Waals surface area contributed by atoms with Crippen molar-refractivity contribution in [3.63, 3.8) is 0 Å². The maximum absolute atomic E-state index is 12.2. The maximum atomic E-state index is 12.2. The number of nitrogens with zero attached hydrogens (tertiary/aromatic N) is 2. The van der Waals surface area contributed by atoms with Crippen LogP contribution in [0.5, 0.6) is 0 Å². The van der Waals surface area contributed by atoms with Crippen LogP contribution in [0.4, 0.5) is 0 Å². The summed E-state index contributed by atoms with van der Waals surface area (Å²) >= 11 is 0. The molecule has 5 heteroatoms. The second kappa shape index (κ2) is 9.01. The molecule has 2 N–H and O–H groups in total. The SMILES string of the molecule is CC(C)CNC(=O)c1cccc(CN2CCN(CCO)CC2)c1. The molecule has 1 amide bonds. The molecular weight excluding hydrogens is 290 g/mol. The molecule has 0 radical (unpaired) electrons. The van der Waals surface area contributed by atoms with Crippen LogP contribution < -0.4 is 5.32 Å². The summed E-state index contributed by atoms with van der Waals surface area (Å²) in [5.41, 5.74) is 1.92. The van der Waals surface area contributed by atoms with Crippen LogP contribution in [-0.2, 0) is 6.54 Å². The molecule has 1 aromatic rings. The molecule has 2 rings (SSSR count). The largest absolute Gasteiger partial charge is 0.395 e. The van der Waals surface area contributed by atoms with Crippen LogP contribution in [0, 0.1) is 5.92 Å². The van der Waals surface area contributed by atoms with E-state index in [1.807, 2.05) is 18.2 Å². The third-order valence-corrected chi connectivity index (χ3v) is 4.15. The fourth-order valence-electron chi connectivity index (χ4n) is 2.78. The van der Waals surface area contributed by atoms with E-state index < -0.39 is 0 Å². The predicted molar refractivity (Wildman–Crippen MR) is 92.4 cm³/mol. The quantitative estimate of drug-likeness (QED) is 0.792. The van der Waals surface area contributed by atoms with E-state index in [4.69, 9.17) is 5.11 Å². The van der Waals surface area contributed by atoms with Gasteiger partial charge in [-0.3, -0.25) is 14.6 Å². The monoisotopic (exact) mass is 319 g/mol. The van der Waals surface area contributed by atoms with Crippen molar-refractivity contribution in [2.75, 3.05) is 45.9 Å². The zero-order valence-electron chi connectivity index (χ0n) is 14.3. The van der Waals surface area contributed by atoms with E-state index in [2.05, 4.69) is 35.0 Å². The number of hydrogen-bond donors (Lipinski definition) is 2. The molecule has 0 spiro atoms. The summed E-state index contributed by atoms with van der Waals surface area (Å²) in [4.78, 5) is 16.8. The van der Waals surface area contributed by atoms with Gasteiger partial charge in [0.25, 0.3) is 5.91 Å². The molecular formula is C18H29N3O2. The summed E-state index contributed by atoms with van der Waals surface area (Å²) < 4.78 is 0. The number of carbonyl (C=O) groups excluding carboxylic acids is 1. The molecule has 0 saturated carbocycles. The van der Waals surface area contributed by atoms with Crippen LogP contribution in [0.2, 0.25) is 0 Å². The number of nitrogens with one attached hydrogen (secondary N) is 1. The van der Waals surface area contributed by atoms with Crippen LogP contribution in [0.3, 0.4) is 0 Å². The third-order valence-electron chi connectivity index (χ3n) is 4.15. The number of piperazine rings is 1. The first kappa shape index (κ1) is 17.9. The molecule has 1 aliphatic rings. The van der Waals surface area contributed by atoms with Gasteiger partial charge in [0, 0.05) is 51.4 Å². The summed E-state index contributed by atoms with van der Waals surface area (Å²) in [5.74, 6) is 0.464. The van der Waals surface area contributed by atoms with E-state index in [1.54, 1.807) is 0 Å². The van der Waals surface area contributed by atoms with Gasteiger partial charge in [0.05, 0.1) is 6.61 Å². The summed E-state index contributed by atoms with van der Waals surface area (Å²) in [6, 6.07) is 7.91. The van der Waals surface area contributed by atoms with Crippen LogP contribution in [0.25, 0.3) is 0 Å². The molecule has 1 saturated heterocycles. The van der Waals surface area contributed by atoms with E-state index in [0.717, 1.165) is 44.8 Å². The van der Waals surface area contributed by atoms with E-state index in [0.29, 0.717) is 12.5 Å². The molecule has 0 bridgehead atoms. The van der Waals surface area contributed by atoms with Crippen molar-refractivity contribution in [1.29, 1.82) is 0 Å². The van der Waals surface area contributed by atoms with Gasteiger partial charge < -0.3 is 10.4 Å². The standard InChI is InChI=1S/C18H29N3O2/c1-15(2)13-19-18(23)17-5-3-4-16(12-17)14-21-8-6-20(7-9-21)10-11-22/h3-5,12,15,22H,6-11,13-14H2,1-2H3,(H,19,23). The second-order valence-corrected chi connectivity index (χ2v) is 6.65. The van der Waals surface area contributed by atoms with Crippen molar-refractivity contribution in [3.8, 4) is 0 Å². The van der Waals surface area contributed by atoms with Gasteiger partial charge in [0.1, 0.15) is 0 Å². The molecule has 5 nitrogen and oxygen atoms in total. The number of β-amino-alcohol motifs (C(OH)–C–C–N with tert-alkyl or cyclic N) is 1. The molecule has 1 fully saturated rings. The van der Waals surface area contributed by atoms with E-state index >= 15 is 0 Å². The fraction of sp³-hybridized carbons (Fsp3) is 0.611. The van der Waals surface area contributed by atoms with Gasteiger partial charge in [-0.2, -0.15) is 0 Å². The second-order valence-electron chi connectivity index (χ2n) is 6.65. The highest BCUT2D eigenvalue weighted by atomic mass is 16.3. The van der Waals surface area contributed by atoms with Gasteiger partial charge in [-0.25, -0.2) is 0 Å². The van der Waals surface area contributed by atoms with Gasteiger partial charge in [-0.1, -0.05) is 26.0 Å². The first-order valence-electron chi connectivity index (χ1n) is 8.51. The molecule has 23 heavy (non-hydrogen) atoms. The van der Waals surface area contributed by atoms with Crippen molar-refractivity contribution >= 4 is 5.91 Å². The van der Waals surface area contributed by atoms with Gasteiger partial charge >= 0.3 is 0 Å². The third kappa shape index (κ3) is 5.94. The van der Waals surface area contributed by atoms with Gasteiger partial charge in [-0.05, 0) is 23.6 Å². The number of carbonyl (C=O) groups is 1. The topological polar surface area (TPSA) is 55.8 Å². The Bertz CT molecular complexity index is 497. The minimum Gasteiger partial charge on any atom is -0.395 e. The molecule has 0 unspecified atom stereocenters. The van der Waals surface area contributed by atoms with Crippen molar-refractivity contribution in [1.82, 2.24) is 15.1 Å². The van der Waals surface area contributed by atoms with Crippen LogP contribution in [0.1, 0.15) is 29.8 Å². The van der Waals surface area contributed by atoms with Gasteiger partial charge in [-0.15, -0.1) is 0 Å². The minimum atomic E-state index is 0.00770. The number of rotatable bonds is 7. The number of hydrogen-bond acceptors (Lipinski definition) is 4. The summed E-state index contributed by atoms with van der Waals surface area (Å²) in [7, 11) is 0. The highest BCUT2D eigenvalue weighted by molar-refractivity contribution is 5.94. The normalized spacial score (nSPS) is 16.7. The molecule has 0 aromatic heterocycles. The Morgan fingerprint density at radius 3 is 2.57 bits per heavy atom. The molecule has 1 aliphatic heterocycles. The van der Waals surface area contributed by atoms with Crippen molar-refractivity contribution in [2.45, 2.75) is 20.4 Å². The predicted octanol–water partition coefficient (Wildman–Crippen LogP) is 1.18. The lowest BCUT2D eigenvalue weighted by atomic mass is 10.1. The Kier molecular flexibility index (Phi) is 7.02. The first-order valence-corrected chi connectivity index (χ1v) is 8.51. The van der Waals surface area contributed by atoms with E-state index in [1.165, 1.54) is 5.56 Å². The van der Waals surface area contributed by atoms with Crippen LogP contribution >= 0.6 is 0 Å². The lowest BCUT2D eigenvalue weighted by Gasteiger charge is -2.34. The lowest BCUT2D eigenvalue weighted by molar-refractivity contribution is 0.0948. The Balaban J connectivity index is 1.87. The summed E-state index contributed by atoms with van der Waals surface area (Å²) in [6.45, 7) is 10.7. The molecule has 1 heterocycles. The molecule has 1 aromatic carbocycles. The highest BCUT2D eigenvalue weighted by Crippen LogP contribution is 2.11. The van der Waals surface area contributed by atoms with Gasteiger partial charge in [0.2, 0.25) is 0 Å². The minimum absolute atomic E-state index is 0.00770. The van der Waals surface area contributed by atoms with Crippen LogP contribution in [0.15, 0.2) is 24.3 Å². The lowest BCUT2D eigenvalue weighted by Crippen LogP contribution is -2.46. The average Bonchev–Trinajstić information content (AvgIpc) is 2.55. The number of aliphatic hydroxyl groups is 1. The van der Waals surface area contributed by atoms with Crippen molar-refractivity contribution in [3.05, 3.63) is 35.4 Å². The zero-order chi connectivity index (χ0) is 16.7. The average molecular weight is 319 g/mol. The van der Waals surface area contributed by atoms with Crippen molar-refractivity contribution < 1.29 is 9.90 Å². The van der Waals surface area contributed by atoms with E-state index in [-0.39, 0.29) is 12.5 Å². The Labute approximate surface area is 139 Å². The Morgan fingerprint density at radius 2 is 1.91 bits per heavy atom. The molecule has 0 aliphatic carbocycles. The highest BCUT2D eigenvalue weighted by Gasteiger charge is 2.16. The summed E-state index contributed by atoms with van der Waals surface area (Å²) in [6.07, 6.45) is 0. The number of benzene rings is 1. The number of aliphatic hydroxyl groups excluding tert-OH is 1. The molecule has 0 atom stereocenters. The number of amides is 1. The Morgan fingerprint density at radius 1 is 1.22 bits per heavy atom. The summed E-state index contributed by atoms with van der Waals surface area (Å²) in [5, 5.41) is 12.0. The first-order chi connectivity index (χ1) is 11.1. The van der Waals surface area contributed by atoms with Crippen LogP contribution in [-0.4, -0.2) is 66.7 Å². The smallest absolute Gasteiger partial charge is 0.251 e. The fourth-order valence-corrected chi connectivity index (χ4v) is 2.78. The maximum Gasteiger partial charge on any atom is 0.251 e. The Hall–Kier alpha value is -1.43.